The Labute approximate surface area is 257 Å². The molecule has 1 aliphatic rings. The number of carbonyl (C=O) groups excluding carboxylic acids is 2. The smallest absolute Gasteiger partial charge is 0.257 e. The number of unbranched alkanes of at least 4 members (excludes halogenated alkanes) is 1. The van der Waals surface area contributed by atoms with E-state index in [4.69, 9.17) is 33.3 Å². The van der Waals surface area contributed by atoms with Gasteiger partial charge in [-0.15, -0.1) is 0 Å². The Morgan fingerprint density at radius 2 is 1.45 bits per heavy atom. The van der Waals surface area contributed by atoms with Gasteiger partial charge in [-0.1, -0.05) is 31.9 Å². The molecule has 8 nitrogen and oxygen atoms in total. The standard InChI is InChI=1S/C32H37ClN4O4S/c1-3-5-21-41-27-11-6-23(7-12-27)30(38)35-32(42)34-25-10-15-29(28(33)22-25)36-16-18-37(19-17-36)31(39)24-8-13-26(14-9-24)40-20-4-2/h6-15,22H,3-5,16-21H2,1-2H3,(H2,34,35,38,42). The van der Waals surface area contributed by atoms with Crippen LogP contribution in [0, 0.1) is 0 Å². The van der Waals surface area contributed by atoms with E-state index in [9.17, 15) is 9.59 Å². The average molecular weight is 609 g/mol. The van der Waals surface area contributed by atoms with Gasteiger partial charge in [0.2, 0.25) is 0 Å². The number of rotatable bonds is 11. The summed E-state index contributed by atoms with van der Waals surface area (Å²) in [6.45, 7) is 7.96. The zero-order valence-corrected chi connectivity index (χ0v) is 25.6. The van der Waals surface area contributed by atoms with Gasteiger partial charge in [-0.25, -0.2) is 0 Å². The molecule has 2 N–H and O–H groups in total. The molecule has 222 valence electrons. The predicted octanol–water partition coefficient (Wildman–Crippen LogP) is 6.40. The number of ether oxygens (including phenoxy) is 2. The molecule has 3 aromatic rings. The Morgan fingerprint density at radius 1 is 0.833 bits per heavy atom. The first-order valence-corrected chi connectivity index (χ1v) is 15.1. The number of piperazine rings is 1. The van der Waals surface area contributed by atoms with E-state index in [0.717, 1.165) is 36.4 Å². The van der Waals surface area contributed by atoms with Crippen LogP contribution in [0.4, 0.5) is 11.4 Å². The maximum Gasteiger partial charge on any atom is 0.257 e. The van der Waals surface area contributed by atoms with E-state index in [1.807, 2.05) is 41.3 Å². The molecule has 42 heavy (non-hydrogen) atoms. The molecule has 0 aliphatic carbocycles. The quantitative estimate of drug-likeness (QED) is 0.193. The Kier molecular flexibility index (Phi) is 11.4. The second-order valence-electron chi connectivity index (χ2n) is 9.95. The van der Waals surface area contributed by atoms with Crippen molar-refractivity contribution in [1.29, 1.82) is 0 Å². The minimum Gasteiger partial charge on any atom is -0.494 e. The van der Waals surface area contributed by atoms with Gasteiger partial charge >= 0.3 is 0 Å². The molecule has 0 unspecified atom stereocenters. The van der Waals surface area contributed by atoms with Crippen molar-refractivity contribution in [3.05, 3.63) is 82.9 Å². The van der Waals surface area contributed by atoms with Crippen LogP contribution in [0.15, 0.2) is 66.7 Å². The maximum absolute atomic E-state index is 13.0. The summed E-state index contributed by atoms with van der Waals surface area (Å²) in [6.07, 6.45) is 2.98. The van der Waals surface area contributed by atoms with Gasteiger partial charge in [0.05, 0.1) is 23.9 Å². The normalized spacial score (nSPS) is 12.9. The van der Waals surface area contributed by atoms with Crippen molar-refractivity contribution in [3.8, 4) is 11.5 Å². The summed E-state index contributed by atoms with van der Waals surface area (Å²) in [4.78, 5) is 29.6. The highest BCUT2D eigenvalue weighted by molar-refractivity contribution is 7.80. The largest absolute Gasteiger partial charge is 0.494 e. The third-order valence-corrected chi connectivity index (χ3v) is 7.30. The first-order valence-electron chi connectivity index (χ1n) is 14.3. The third-order valence-electron chi connectivity index (χ3n) is 6.80. The second kappa shape index (κ2) is 15.4. The Morgan fingerprint density at radius 3 is 2.05 bits per heavy atom. The van der Waals surface area contributed by atoms with Crippen LogP contribution in [0.2, 0.25) is 5.02 Å². The molecule has 1 fully saturated rings. The van der Waals surface area contributed by atoms with Crippen molar-refractivity contribution in [2.75, 3.05) is 49.6 Å². The van der Waals surface area contributed by atoms with E-state index in [-0.39, 0.29) is 16.9 Å². The fraction of sp³-hybridized carbons (Fsp3) is 0.344. The summed E-state index contributed by atoms with van der Waals surface area (Å²) in [6, 6.07) is 19.8. The first kappa shape index (κ1) is 31.1. The van der Waals surface area contributed by atoms with Crippen LogP contribution in [0.25, 0.3) is 0 Å². The van der Waals surface area contributed by atoms with Gasteiger partial charge in [0.15, 0.2) is 5.11 Å². The molecule has 0 atom stereocenters. The Hall–Kier alpha value is -3.82. The molecule has 0 spiro atoms. The third kappa shape index (κ3) is 8.59. The lowest BCUT2D eigenvalue weighted by atomic mass is 10.1. The molecule has 3 aromatic carbocycles. The van der Waals surface area contributed by atoms with Crippen molar-refractivity contribution in [3.63, 3.8) is 0 Å². The molecule has 1 saturated heterocycles. The lowest BCUT2D eigenvalue weighted by Crippen LogP contribution is -2.48. The number of amides is 2. The summed E-state index contributed by atoms with van der Waals surface area (Å²) >= 11 is 12.0. The number of carbonyl (C=O) groups is 2. The van der Waals surface area contributed by atoms with Crippen LogP contribution in [-0.2, 0) is 0 Å². The van der Waals surface area contributed by atoms with Crippen LogP contribution < -0.4 is 25.0 Å². The van der Waals surface area contributed by atoms with E-state index in [1.165, 1.54) is 0 Å². The molecular weight excluding hydrogens is 572 g/mol. The molecule has 0 saturated carbocycles. The van der Waals surface area contributed by atoms with E-state index in [1.54, 1.807) is 30.3 Å². The highest BCUT2D eigenvalue weighted by atomic mass is 35.5. The van der Waals surface area contributed by atoms with Crippen molar-refractivity contribution < 1.29 is 19.1 Å². The predicted molar refractivity (Wildman–Crippen MR) is 172 cm³/mol. The van der Waals surface area contributed by atoms with Crippen LogP contribution >= 0.6 is 23.8 Å². The molecule has 0 aromatic heterocycles. The van der Waals surface area contributed by atoms with E-state index < -0.39 is 0 Å². The summed E-state index contributed by atoms with van der Waals surface area (Å²) in [5, 5.41) is 6.44. The summed E-state index contributed by atoms with van der Waals surface area (Å²) in [5.41, 5.74) is 2.67. The van der Waals surface area contributed by atoms with E-state index in [2.05, 4.69) is 29.4 Å². The number of hydrogen-bond acceptors (Lipinski definition) is 6. The molecular formula is C32H37ClN4O4S. The van der Waals surface area contributed by atoms with Crippen molar-refractivity contribution >= 4 is 52.1 Å². The van der Waals surface area contributed by atoms with Gasteiger partial charge < -0.3 is 24.6 Å². The van der Waals surface area contributed by atoms with Crippen LogP contribution in [0.1, 0.15) is 53.8 Å². The fourth-order valence-corrected chi connectivity index (χ4v) is 4.97. The van der Waals surface area contributed by atoms with Crippen molar-refractivity contribution in [2.24, 2.45) is 0 Å². The number of thiocarbonyl (C=S) groups is 1. The van der Waals surface area contributed by atoms with Gasteiger partial charge in [0.1, 0.15) is 11.5 Å². The van der Waals surface area contributed by atoms with Crippen molar-refractivity contribution in [1.82, 2.24) is 10.2 Å². The number of benzene rings is 3. The average Bonchev–Trinajstić information content (AvgIpc) is 3.00. The van der Waals surface area contributed by atoms with Crippen LogP contribution in [0.3, 0.4) is 0 Å². The summed E-state index contributed by atoms with van der Waals surface area (Å²) in [7, 11) is 0. The maximum atomic E-state index is 13.0. The zero-order valence-electron chi connectivity index (χ0n) is 24.0. The molecule has 10 heteroatoms. The summed E-state index contributed by atoms with van der Waals surface area (Å²) in [5.74, 6) is 1.19. The van der Waals surface area contributed by atoms with Gasteiger partial charge in [-0.3, -0.25) is 14.9 Å². The Bertz CT molecular complexity index is 1360. The molecule has 1 heterocycles. The van der Waals surface area contributed by atoms with Gasteiger partial charge in [-0.2, -0.15) is 0 Å². The van der Waals surface area contributed by atoms with Crippen LogP contribution in [0.5, 0.6) is 11.5 Å². The van der Waals surface area contributed by atoms with Gasteiger partial charge in [0.25, 0.3) is 11.8 Å². The molecule has 0 radical (unpaired) electrons. The monoisotopic (exact) mass is 608 g/mol. The number of halogens is 1. The zero-order chi connectivity index (χ0) is 29.9. The van der Waals surface area contributed by atoms with E-state index >= 15 is 0 Å². The number of nitrogens with one attached hydrogen (secondary N) is 2. The minimum absolute atomic E-state index is 0.00847. The molecule has 2 amide bonds. The second-order valence-corrected chi connectivity index (χ2v) is 10.8. The van der Waals surface area contributed by atoms with E-state index in [0.29, 0.717) is 61.2 Å². The number of nitrogens with zero attached hydrogens (tertiary/aromatic N) is 2. The van der Waals surface area contributed by atoms with Gasteiger partial charge in [-0.05, 0) is 91.8 Å². The Balaban J connectivity index is 1.26. The number of anilines is 2. The minimum atomic E-state index is -0.316. The molecule has 1 aliphatic heterocycles. The topological polar surface area (TPSA) is 83.1 Å². The molecule has 4 rings (SSSR count). The lowest BCUT2D eigenvalue weighted by molar-refractivity contribution is 0.0746. The fourth-order valence-electron chi connectivity index (χ4n) is 4.46. The van der Waals surface area contributed by atoms with Gasteiger partial charge in [0, 0.05) is 43.0 Å². The van der Waals surface area contributed by atoms with Crippen molar-refractivity contribution in [2.45, 2.75) is 33.1 Å². The summed E-state index contributed by atoms with van der Waals surface area (Å²) < 4.78 is 11.3. The van der Waals surface area contributed by atoms with Crippen LogP contribution in [-0.4, -0.2) is 61.2 Å². The SMILES string of the molecule is CCCCOc1ccc(C(=O)NC(=S)Nc2ccc(N3CCN(C(=O)c4ccc(OCCC)cc4)CC3)c(Cl)c2)cc1. The number of hydrogen-bond donors (Lipinski definition) is 2. The highest BCUT2D eigenvalue weighted by Gasteiger charge is 2.23. The highest BCUT2D eigenvalue weighted by Crippen LogP contribution is 2.30. The molecule has 0 bridgehead atoms. The lowest BCUT2D eigenvalue weighted by Gasteiger charge is -2.36. The first-order chi connectivity index (χ1) is 20.4.